The highest BCUT2D eigenvalue weighted by molar-refractivity contribution is 5.38. The van der Waals surface area contributed by atoms with Crippen LogP contribution < -0.4 is 0 Å². The SMILES string of the molecule is CCC1=C(F)C(F)C(F)C(F)=C1F. The van der Waals surface area contributed by atoms with Crippen molar-refractivity contribution in [2.75, 3.05) is 0 Å². The van der Waals surface area contributed by atoms with Crippen LogP contribution in [-0.2, 0) is 0 Å². The molecule has 5 heteroatoms. The number of alkyl halides is 2. The van der Waals surface area contributed by atoms with Gasteiger partial charge < -0.3 is 0 Å². The van der Waals surface area contributed by atoms with Crippen molar-refractivity contribution in [1.82, 2.24) is 0 Å². The number of rotatable bonds is 1. The van der Waals surface area contributed by atoms with E-state index in [9.17, 15) is 22.0 Å². The van der Waals surface area contributed by atoms with Gasteiger partial charge in [-0.1, -0.05) is 6.92 Å². The Kier molecular flexibility index (Phi) is 2.73. The molecule has 0 amide bonds. The van der Waals surface area contributed by atoms with Crippen LogP contribution in [0.1, 0.15) is 13.3 Å². The van der Waals surface area contributed by atoms with E-state index in [4.69, 9.17) is 0 Å². The summed E-state index contributed by atoms with van der Waals surface area (Å²) in [5.74, 6) is -5.01. The maximum Gasteiger partial charge on any atom is 0.192 e. The Bertz CT molecular complexity index is 278. The standard InChI is InChI=1S/C8H7F5/c1-2-3-4(9)6(11)8(13)7(12)5(3)10/h6,8H,2H2,1H3. The van der Waals surface area contributed by atoms with E-state index in [1.807, 2.05) is 0 Å². The van der Waals surface area contributed by atoms with Crippen LogP contribution in [0.4, 0.5) is 22.0 Å². The zero-order valence-corrected chi connectivity index (χ0v) is 6.75. The van der Waals surface area contributed by atoms with E-state index in [0.29, 0.717) is 0 Å². The Hall–Kier alpha value is -0.870. The fraction of sp³-hybridized carbons (Fsp3) is 0.500. The van der Waals surface area contributed by atoms with E-state index in [-0.39, 0.29) is 6.42 Å². The highest BCUT2D eigenvalue weighted by Crippen LogP contribution is 2.37. The monoisotopic (exact) mass is 198 g/mol. The minimum Gasteiger partial charge on any atom is -0.236 e. The van der Waals surface area contributed by atoms with Gasteiger partial charge in [-0.05, 0) is 6.42 Å². The predicted octanol–water partition coefficient (Wildman–Crippen LogP) is 3.46. The largest absolute Gasteiger partial charge is 0.236 e. The van der Waals surface area contributed by atoms with Crippen LogP contribution in [0.25, 0.3) is 0 Å². The third-order valence-electron chi connectivity index (χ3n) is 1.86. The average molecular weight is 198 g/mol. The van der Waals surface area contributed by atoms with E-state index >= 15 is 0 Å². The van der Waals surface area contributed by atoms with Gasteiger partial charge in [0, 0.05) is 5.57 Å². The molecule has 0 heterocycles. The molecular formula is C8H7F5. The van der Waals surface area contributed by atoms with E-state index in [2.05, 4.69) is 0 Å². The molecule has 0 spiro atoms. The third-order valence-corrected chi connectivity index (χ3v) is 1.86. The number of halogens is 5. The average Bonchev–Trinajstić information content (AvgIpc) is 2.13. The Morgan fingerprint density at radius 1 is 1.00 bits per heavy atom. The van der Waals surface area contributed by atoms with Crippen molar-refractivity contribution in [1.29, 1.82) is 0 Å². The smallest absolute Gasteiger partial charge is 0.192 e. The molecule has 2 atom stereocenters. The molecule has 0 aromatic rings. The second-order valence-electron chi connectivity index (χ2n) is 2.65. The molecular weight excluding hydrogens is 191 g/mol. The first-order chi connectivity index (χ1) is 6.00. The van der Waals surface area contributed by atoms with Crippen molar-refractivity contribution >= 4 is 0 Å². The van der Waals surface area contributed by atoms with Gasteiger partial charge >= 0.3 is 0 Å². The molecule has 0 saturated carbocycles. The third kappa shape index (κ3) is 1.47. The molecule has 0 saturated heterocycles. The molecule has 0 aromatic carbocycles. The van der Waals surface area contributed by atoms with Gasteiger partial charge in [0.2, 0.25) is 0 Å². The molecule has 13 heavy (non-hydrogen) atoms. The van der Waals surface area contributed by atoms with Gasteiger partial charge in [-0.3, -0.25) is 0 Å². The Labute approximate surface area is 71.7 Å². The van der Waals surface area contributed by atoms with Crippen LogP contribution in [0.15, 0.2) is 23.1 Å². The fourth-order valence-corrected chi connectivity index (χ4v) is 1.12. The summed E-state index contributed by atoms with van der Waals surface area (Å²) in [5.41, 5.74) is -0.723. The first-order valence-corrected chi connectivity index (χ1v) is 3.72. The summed E-state index contributed by atoms with van der Waals surface area (Å²) in [7, 11) is 0. The lowest BCUT2D eigenvalue weighted by atomic mass is 9.99. The van der Waals surface area contributed by atoms with Gasteiger partial charge in [0.1, 0.15) is 5.83 Å². The lowest BCUT2D eigenvalue weighted by Gasteiger charge is -2.19. The normalized spacial score (nSPS) is 30.0. The van der Waals surface area contributed by atoms with Gasteiger partial charge in [0.25, 0.3) is 0 Å². The summed E-state index contributed by atoms with van der Waals surface area (Å²) in [6, 6.07) is 0. The fourth-order valence-electron chi connectivity index (χ4n) is 1.12. The van der Waals surface area contributed by atoms with E-state index in [1.54, 1.807) is 0 Å². The van der Waals surface area contributed by atoms with Crippen molar-refractivity contribution in [3.8, 4) is 0 Å². The summed E-state index contributed by atoms with van der Waals surface area (Å²) in [4.78, 5) is 0. The topological polar surface area (TPSA) is 0 Å². The molecule has 1 rings (SSSR count). The van der Waals surface area contributed by atoms with Crippen LogP contribution in [0.5, 0.6) is 0 Å². The summed E-state index contributed by atoms with van der Waals surface area (Å²) in [6.45, 7) is 1.33. The molecule has 74 valence electrons. The van der Waals surface area contributed by atoms with Crippen molar-refractivity contribution < 1.29 is 22.0 Å². The van der Waals surface area contributed by atoms with E-state index < -0.39 is 35.4 Å². The lowest BCUT2D eigenvalue weighted by molar-refractivity contribution is 0.164. The lowest BCUT2D eigenvalue weighted by Crippen LogP contribution is -2.24. The summed E-state index contributed by atoms with van der Waals surface area (Å²) in [5, 5.41) is 0. The Balaban J connectivity index is 3.19. The zero-order chi connectivity index (χ0) is 10.2. The van der Waals surface area contributed by atoms with Gasteiger partial charge in [0.15, 0.2) is 24.0 Å². The number of hydrogen-bond donors (Lipinski definition) is 0. The van der Waals surface area contributed by atoms with E-state index in [0.717, 1.165) is 0 Å². The van der Waals surface area contributed by atoms with Crippen molar-refractivity contribution in [2.24, 2.45) is 0 Å². The highest BCUT2D eigenvalue weighted by Gasteiger charge is 2.39. The van der Waals surface area contributed by atoms with Gasteiger partial charge in [0.05, 0.1) is 0 Å². The molecule has 0 radical (unpaired) electrons. The second-order valence-corrected chi connectivity index (χ2v) is 2.65. The molecule has 0 aliphatic heterocycles. The van der Waals surface area contributed by atoms with Crippen LogP contribution >= 0.6 is 0 Å². The highest BCUT2D eigenvalue weighted by atomic mass is 19.2. The first kappa shape index (κ1) is 10.2. The van der Waals surface area contributed by atoms with Crippen LogP contribution in [0.3, 0.4) is 0 Å². The quantitative estimate of drug-likeness (QED) is 0.566. The van der Waals surface area contributed by atoms with Gasteiger partial charge in [-0.15, -0.1) is 0 Å². The van der Waals surface area contributed by atoms with Gasteiger partial charge in [-0.25, -0.2) is 22.0 Å². The molecule has 0 bridgehead atoms. The maximum atomic E-state index is 12.7. The molecule has 1 aliphatic rings. The summed E-state index contributed by atoms with van der Waals surface area (Å²) >= 11 is 0. The molecule has 1 aliphatic carbocycles. The molecule has 2 unspecified atom stereocenters. The molecule has 0 N–H and O–H groups in total. The second kappa shape index (κ2) is 3.47. The number of hydrogen-bond acceptors (Lipinski definition) is 0. The number of allylic oxidation sites excluding steroid dienone is 4. The zero-order valence-electron chi connectivity index (χ0n) is 6.75. The first-order valence-electron chi connectivity index (χ1n) is 3.72. The molecule has 0 aromatic heterocycles. The van der Waals surface area contributed by atoms with Crippen LogP contribution in [0, 0.1) is 0 Å². The van der Waals surface area contributed by atoms with Crippen molar-refractivity contribution in [3.05, 3.63) is 23.1 Å². The Morgan fingerprint density at radius 2 is 1.46 bits per heavy atom. The maximum absolute atomic E-state index is 12.7. The van der Waals surface area contributed by atoms with Crippen molar-refractivity contribution in [2.45, 2.75) is 25.7 Å². The summed E-state index contributed by atoms with van der Waals surface area (Å²) < 4.78 is 63.0. The van der Waals surface area contributed by atoms with E-state index in [1.165, 1.54) is 6.92 Å². The van der Waals surface area contributed by atoms with Crippen molar-refractivity contribution in [3.63, 3.8) is 0 Å². The minimum atomic E-state index is -2.85. The van der Waals surface area contributed by atoms with Crippen LogP contribution in [-0.4, -0.2) is 12.3 Å². The Morgan fingerprint density at radius 3 is 1.92 bits per heavy atom. The molecule has 0 nitrogen and oxygen atoms in total. The summed E-state index contributed by atoms with van der Waals surface area (Å²) in [6.07, 6.45) is -5.78. The van der Waals surface area contributed by atoms with Gasteiger partial charge in [-0.2, -0.15) is 0 Å². The minimum absolute atomic E-state index is 0.210. The predicted molar refractivity (Wildman–Crippen MR) is 37.5 cm³/mol. The molecule has 0 fully saturated rings. The van der Waals surface area contributed by atoms with Crippen LogP contribution in [0.2, 0.25) is 0 Å².